The maximum Gasteiger partial charge on any atom is 0.308 e. The van der Waals surface area contributed by atoms with Gasteiger partial charge in [-0.3, -0.25) is 14.6 Å². The summed E-state index contributed by atoms with van der Waals surface area (Å²) in [6, 6.07) is 5.82. The number of benzene rings is 1. The molecule has 3 rings (SSSR count). The molecule has 23 heavy (non-hydrogen) atoms. The topological polar surface area (TPSA) is 70.5 Å². The van der Waals surface area contributed by atoms with Gasteiger partial charge in [0.05, 0.1) is 17.0 Å². The quantitative estimate of drug-likeness (QED) is 0.924. The van der Waals surface area contributed by atoms with Crippen LogP contribution in [0, 0.1) is 18.7 Å². The summed E-state index contributed by atoms with van der Waals surface area (Å²) in [5.74, 6) is -2.03. The average Bonchev–Trinajstić information content (AvgIpc) is 2.53. The summed E-state index contributed by atoms with van der Waals surface area (Å²) in [5.41, 5.74) is 1.50. The summed E-state index contributed by atoms with van der Waals surface area (Å²) in [5, 5.41) is 9.75. The zero-order valence-corrected chi connectivity index (χ0v) is 12.8. The molecule has 0 radical (unpaired) electrons. The number of aliphatic carboxylic acids is 1. The molecule has 1 fully saturated rings. The number of fused-ring (bicyclic) bond motifs is 1. The Bertz CT molecular complexity index is 785. The van der Waals surface area contributed by atoms with Crippen molar-refractivity contribution < 1.29 is 19.1 Å². The number of amides is 1. The minimum Gasteiger partial charge on any atom is -0.481 e. The van der Waals surface area contributed by atoms with E-state index in [-0.39, 0.29) is 12.5 Å². The molecular formula is C17H17FN2O3. The third-order valence-corrected chi connectivity index (χ3v) is 4.19. The number of pyridine rings is 1. The summed E-state index contributed by atoms with van der Waals surface area (Å²) in [6.45, 7) is 2.49. The number of carbonyl (C=O) groups excluding carboxylic acids is 1. The Balaban J connectivity index is 1.99. The maximum atomic E-state index is 13.4. The molecule has 2 heterocycles. The van der Waals surface area contributed by atoms with Gasteiger partial charge in [-0.1, -0.05) is 0 Å². The first-order valence-corrected chi connectivity index (χ1v) is 7.54. The van der Waals surface area contributed by atoms with E-state index in [4.69, 9.17) is 5.11 Å². The van der Waals surface area contributed by atoms with Crippen molar-refractivity contribution in [2.75, 3.05) is 13.1 Å². The van der Waals surface area contributed by atoms with Gasteiger partial charge in [0, 0.05) is 30.2 Å². The second-order valence-electron chi connectivity index (χ2n) is 5.90. The van der Waals surface area contributed by atoms with Crippen molar-refractivity contribution in [2.45, 2.75) is 19.8 Å². The largest absolute Gasteiger partial charge is 0.481 e. The fraction of sp³-hybridized carbons (Fsp3) is 0.353. The molecule has 1 atom stereocenters. The average molecular weight is 316 g/mol. The lowest BCUT2D eigenvalue weighted by Gasteiger charge is -2.31. The third kappa shape index (κ3) is 3.02. The van der Waals surface area contributed by atoms with E-state index in [1.807, 2.05) is 0 Å². The van der Waals surface area contributed by atoms with Crippen molar-refractivity contribution in [2.24, 2.45) is 5.92 Å². The van der Waals surface area contributed by atoms with Gasteiger partial charge >= 0.3 is 5.97 Å². The molecule has 6 heteroatoms. The summed E-state index contributed by atoms with van der Waals surface area (Å²) in [4.78, 5) is 29.8. The monoisotopic (exact) mass is 316 g/mol. The molecular weight excluding hydrogens is 299 g/mol. The van der Waals surface area contributed by atoms with E-state index >= 15 is 0 Å². The molecule has 0 bridgehead atoms. The number of carbonyl (C=O) groups is 2. The van der Waals surface area contributed by atoms with E-state index < -0.39 is 17.7 Å². The van der Waals surface area contributed by atoms with Gasteiger partial charge in [-0.2, -0.15) is 0 Å². The van der Waals surface area contributed by atoms with Gasteiger partial charge in [-0.15, -0.1) is 0 Å². The molecule has 1 aromatic heterocycles. The zero-order chi connectivity index (χ0) is 16.6. The number of hydrogen-bond acceptors (Lipinski definition) is 3. The Morgan fingerprint density at radius 1 is 1.35 bits per heavy atom. The fourth-order valence-electron chi connectivity index (χ4n) is 3.04. The molecule has 0 unspecified atom stereocenters. The fourth-order valence-corrected chi connectivity index (χ4v) is 3.04. The minimum atomic E-state index is -0.875. The van der Waals surface area contributed by atoms with Crippen LogP contribution in [-0.2, 0) is 4.79 Å². The van der Waals surface area contributed by atoms with Crippen LogP contribution in [0.5, 0.6) is 0 Å². The maximum absolute atomic E-state index is 13.4. The number of hydrogen-bond donors (Lipinski definition) is 1. The smallest absolute Gasteiger partial charge is 0.308 e. The highest BCUT2D eigenvalue weighted by molar-refractivity contribution is 6.06. The molecule has 0 spiro atoms. The number of rotatable bonds is 2. The molecule has 1 aromatic carbocycles. The number of halogens is 1. The summed E-state index contributed by atoms with van der Waals surface area (Å²) >= 11 is 0. The molecule has 1 aliphatic heterocycles. The second kappa shape index (κ2) is 5.95. The van der Waals surface area contributed by atoms with E-state index in [0.29, 0.717) is 41.5 Å². The number of aryl methyl sites for hydroxylation is 1. The van der Waals surface area contributed by atoms with E-state index in [0.717, 1.165) is 0 Å². The van der Waals surface area contributed by atoms with Crippen LogP contribution in [0.4, 0.5) is 4.39 Å². The lowest BCUT2D eigenvalue weighted by atomic mass is 9.97. The van der Waals surface area contributed by atoms with Crippen molar-refractivity contribution in [3.8, 4) is 0 Å². The Morgan fingerprint density at radius 3 is 2.87 bits per heavy atom. The van der Waals surface area contributed by atoms with Crippen LogP contribution in [0.3, 0.4) is 0 Å². The van der Waals surface area contributed by atoms with E-state index in [2.05, 4.69) is 4.98 Å². The molecule has 2 aromatic rings. The van der Waals surface area contributed by atoms with E-state index in [1.54, 1.807) is 24.0 Å². The molecule has 0 saturated carbocycles. The molecule has 1 N–H and O–H groups in total. The summed E-state index contributed by atoms with van der Waals surface area (Å²) in [7, 11) is 0. The Hall–Kier alpha value is -2.50. The Kier molecular flexibility index (Phi) is 3.98. The predicted octanol–water partition coefficient (Wildman–Crippen LogP) is 2.62. The van der Waals surface area contributed by atoms with Crippen molar-refractivity contribution >= 4 is 22.8 Å². The van der Waals surface area contributed by atoms with Gasteiger partial charge in [0.15, 0.2) is 0 Å². The summed E-state index contributed by atoms with van der Waals surface area (Å²) in [6.07, 6.45) is 1.25. The first-order chi connectivity index (χ1) is 11.0. The van der Waals surface area contributed by atoms with E-state index in [9.17, 15) is 14.0 Å². The molecule has 120 valence electrons. The summed E-state index contributed by atoms with van der Waals surface area (Å²) < 4.78 is 13.4. The van der Waals surface area contributed by atoms with Crippen molar-refractivity contribution in [3.63, 3.8) is 0 Å². The van der Waals surface area contributed by atoms with Gasteiger partial charge in [0.25, 0.3) is 5.91 Å². The second-order valence-corrected chi connectivity index (χ2v) is 5.90. The number of aromatic nitrogens is 1. The number of carboxylic acids is 1. The van der Waals surface area contributed by atoms with Crippen LogP contribution in [0.15, 0.2) is 24.3 Å². The zero-order valence-electron chi connectivity index (χ0n) is 12.8. The molecule has 1 aliphatic rings. The number of carboxylic acid groups (broad SMARTS) is 1. The number of likely N-dealkylation sites (tertiary alicyclic amines) is 1. The minimum absolute atomic E-state index is 0.207. The molecule has 0 aliphatic carbocycles. The van der Waals surface area contributed by atoms with Crippen molar-refractivity contribution in [3.05, 3.63) is 41.3 Å². The van der Waals surface area contributed by atoms with Crippen LogP contribution in [0.1, 0.15) is 28.9 Å². The lowest BCUT2D eigenvalue weighted by Crippen LogP contribution is -2.42. The third-order valence-electron chi connectivity index (χ3n) is 4.19. The highest BCUT2D eigenvalue weighted by atomic mass is 19.1. The number of piperidine rings is 1. The van der Waals surface area contributed by atoms with Crippen LogP contribution < -0.4 is 0 Å². The Labute approximate surface area is 132 Å². The highest BCUT2D eigenvalue weighted by Gasteiger charge is 2.29. The van der Waals surface area contributed by atoms with Crippen LogP contribution in [0.2, 0.25) is 0 Å². The van der Waals surface area contributed by atoms with E-state index in [1.165, 1.54) is 12.1 Å². The highest BCUT2D eigenvalue weighted by Crippen LogP contribution is 2.24. The van der Waals surface area contributed by atoms with Gasteiger partial charge in [-0.05, 0) is 38.0 Å². The molecule has 1 saturated heterocycles. The van der Waals surface area contributed by atoms with Crippen LogP contribution in [0.25, 0.3) is 10.9 Å². The van der Waals surface area contributed by atoms with Crippen LogP contribution >= 0.6 is 0 Å². The van der Waals surface area contributed by atoms with Gasteiger partial charge in [0.1, 0.15) is 5.82 Å². The lowest BCUT2D eigenvalue weighted by molar-refractivity contribution is -0.143. The first-order valence-electron chi connectivity index (χ1n) is 7.54. The Morgan fingerprint density at radius 2 is 2.13 bits per heavy atom. The molecule has 5 nitrogen and oxygen atoms in total. The predicted molar refractivity (Wildman–Crippen MR) is 82.7 cm³/mol. The van der Waals surface area contributed by atoms with Crippen LogP contribution in [-0.4, -0.2) is 40.0 Å². The normalized spacial score (nSPS) is 18.2. The van der Waals surface area contributed by atoms with Gasteiger partial charge in [-0.25, -0.2) is 4.39 Å². The first kappa shape index (κ1) is 15.4. The SMILES string of the molecule is Cc1cc(C(=O)N2CCC[C@@H](C(=O)O)C2)c2ccc(F)cc2n1. The van der Waals surface area contributed by atoms with Crippen molar-refractivity contribution in [1.82, 2.24) is 9.88 Å². The standard InChI is InChI=1S/C17H17FN2O3/c1-10-7-14(13-5-4-12(18)8-15(13)19-10)16(21)20-6-2-3-11(9-20)17(22)23/h4-5,7-8,11H,2-3,6,9H2,1H3,(H,22,23)/t11-/m1/s1. The van der Waals surface area contributed by atoms with Crippen molar-refractivity contribution in [1.29, 1.82) is 0 Å². The molecule has 1 amide bonds. The van der Waals surface area contributed by atoms with Gasteiger partial charge in [0.2, 0.25) is 0 Å². The van der Waals surface area contributed by atoms with Gasteiger partial charge < -0.3 is 10.0 Å². The number of nitrogens with zero attached hydrogens (tertiary/aromatic N) is 2.